The van der Waals surface area contributed by atoms with Crippen molar-refractivity contribution < 1.29 is 0 Å². The summed E-state index contributed by atoms with van der Waals surface area (Å²) in [5.74, 6) is 1.30. The Morgan fingerprint density at radius 3 is 2.60 bits per heavy atom. The number of nitrogens with one attached hydrogen (secondary N) is 1. The lowest BCUT2D eigenvalue weighted by molar-refractivity contribution is 0.339. The van der Waals surface area contributed by atoms with Crippen LogP contribution in [-0.2, 0) is 0 Å². The van der Waals surface area contributed by atoms with Crippen molar-refractivity contribution in [1.82, 2.24) is 0 Å². The molecule has 0 aromatic heterocycles. The minimum Gasteiger partial charge on any atom is -0.304 e. The summed E-state index contributed by atoms with van der Waals surface area (Å²) in [5, 5.41) is 8.21. The zero-order valence-corrected chi connectivity index (χ0v) is 9.37. The van der Waals surface area contributed by atoms with E-state index in [1.807, 2.05) is 18.2 Å². The maximum atomic E-state index is 8.21. The molecule has 1 aromatic rings. The quantitative estimate of drug-likeness (QED) is 0.702. The average molecular weight is 201 g/mol. The smallest absolute Gasteiger partial charge is 0.0417 e. The lowest BCUT2D eigenvalue weighted by Gasteiger charge is -2.27. The van der Waals surface area contributed by atoms with Crippen LogP contribution in [0, 0.1) is 17.2 Å². The first-order chi connectivity index (χ1) is 7.27. The fraction of sp³-hybridized carbons (Fsp3) is 0.500. The van der Waals surface area contributed by atoms with Crippen molar-refractivity contribution >= 4 is 5.71 Å². The van der Waals surface area contributed by atoms with Gasteiger partial charge < -0.3 is 5.41 Å². The SMILES string of the molecule is CC1CCCC(C(=N)c2ccccc2)C1. The van der Waals surface area contributed by atoms with E-state index < -0.39 is 0 Å². The van der Waals surface area contributed by atoms with Crippen molar-refractivity contribution in [2.75, 3.05) is 0 Å². The second kappa shape index (κ2) is 4.61. The molecule has 2 atom stereocenters. The second-order valence-electron chi connectivity index (χ2n) is 4.75. The van der Waals surface area contributed by atoms with Crippen LogP contribution >= 0.6 is 0 Å². The van der Waals surface area contributed by atoms with Gasteiger partial charge in [-0.05, 0) is 24.3 Å². The van der Waals surface area contributed by atoms with Crippen LogP contribution in [0.3, 0.4) is 0 Å². The predicted octanol–water partition coefficient (Wildman–Crippen LogP) is 3.88. The average Bonchev–Trinajstić information content (AvgIpc) is 2.29. The Hall–Kier alpha value is -1.11. The topological polar surface area (TPSA) is 23.9 Å². The van der Waals surface area contributed by atoms with E-state index in [9.17, 15) is 0 Å². The summed E-state index contributed by atoms with van der Waals surface area (Å²) in [6.07, 6.45) is 5.05. The summed E-state index contributed by atoms with van der Waals surface area (Å²) in [6.45, 7) is 2.31. The molecular weight excluding hydrogens is 182 g/mol. The van der Waals surface area contributed by atoms with Gasteiger partial charge in [0.2, 0.25) is 0 Å². The van der Waals surface area contributed by atoms with Gasteiger partial charge in [-0.1, -0.05) is 50.1 Å². The molecule has 0 spiro atoms. The zero-order valence-electron chi connectivity index (χ0n) is 9.37. The number of hydrogen-bond acceptors (Lipinski definition) is 1. The van der Waals surface area contributed by atoms with Crippen LogP contribution in [0.5, 0.6) is 0 Å². The highest BCUT2D eigenvalue weighted by atomic mass is 14.5. The Kier molecular flexibility index (Phi) is 3.20. The molecule has 0 radical (unpaired) electrons. The van der Waals surface area contributed by atoms with E-state index in [1.54, 1.807) is 0 Å². The van der Waals surface area contributed by atoms with E-state index in [-0.39, 0.29) is 0 Å². The zero-order chi connectivity index (χ0) is 10.7. The van der Waals surface area contributed by atoms with Crippen molar-refractivity contribution in [2.24, 2.45) is 11.8 Å². The Bertz CT molecular complexity index is 328. The van der Waals surface area contributed by atoms with Gasteiger partial charge in [-0.15, -0.1) is 0 Å². The standard InChI is InChI=1S/C14H19N/c1-11-6-5-9-13(10-11)14(15)12-7-3-2-4-8-12/h2-4,7-8,11,13,15H,5-6,9-10H2,1H3. The summed E-state index contributed by atoms with van der Waals surface area (Å²) >= 11 is 0. The first-order valence-electron chi connectivity index (χ1n) is 5.91. The van der Waals surface area contributed by atoms with E-state index in [1.165, 1.54) is 25.7 Å². The molecule has 1 aliphatic carbocycles. The van der Waals surface area contributed by atoms with Gasteiger partial charge in [0, 0.05) is 11.6 Å². The van der Waals surface area contributed by atoms with Crippen molar-refractivity contribution in [3.05, 3.63) is 35.9 Å². The molecule has 1 aromatic carbocycles. The van der Waals surface area contributed by atoms with Crippen LogP contribution in [-0.4, -0.2) is 5.71 Å². The molecule has 0 saturated heterocycles. The van der Waals surface area contributed by atoms with Gasteiger partial charge in [-0.25, -0.2) is 0 Å². The Labute approximate surface area is 92.0 Å². The van der Waals surface area contributed by atoms with Crippen molar-refractivity contribution in [1.29, 1.82) is 5.41 Å². The van der Waals surface area contributed by atoms with Crippen molar-refractivity contribution in [3.63, 3.8) is 0 Å². The molecule has 2 rings (SSSR count). The normalized spacial score (nSPS) is 26.2. The van der Waals surface area contributed by atoms with Gasteiger partial charge in [0.15, 0.2) is 0 Å². The molecule has 1 aliphatic rings. The summed E-state index contributed by atoms with van der Waals surface area (Å²) < 4.78 is 0. The van der Waals surface area contributed by atoms with E-state index in [4.69, 9.17) is 5.41 Å². The summed E-state index contributed by atoms with van der Waals surface area (Å²) in [5.41, 5.74) is 1.96. The molecule has 2 unspecified atom stereocenters. The Morgan fingerprint density at radius 2 is 1.93 bits per heavy atom. The molecule has 80 valence electrons. The molecule has 1 nitrogen and oxygen atoms in total. The molecule has 1 N–H and O–H groups in total. The van der Waals surface area contributed by atoms with Crippen LogP contribution in [0.15, 0.2) is 30.3 Å². The van der Waals surface area contributed by atoms with Gasteiger partial charge in [-0.3, -0.25) is 0 Å². The number of hydrogen-bond donors (Lipinski definition) is 1. The van der Waals surface area contributed by atoms with Crippen LogP contribution in [0.4, 0.5) is 0 Å². The lowest BCUT2D eigenvalue weighted by atomic mass is 9.78. The number of benzene rings is 1. The van der Waals surface area contributed by atoms with Crippen LogP contribution in [0.1, 0.15) is 38.2 Å². The second-order valence-corrected chi connectivity index (χ2v) is 4.75. The van der Waals surface area contributed by atoms with E-state index in [0.29, 0.717) is 5.92 Å². The third kappa shape index (κ3) is 2.47. The highest BCUT2D eigenvalue weighted by molar-refractivity contribution is 5.99. The van der Waals surface area contributed by atoms with E-state index >= 15 is 0 Å². The summed E-state index contributed by atoms with van der Waals surface area (Å²) in [6, 6.07) is 10.2. The van der Waals surface area contributed by atoms with E-state index in [2.05, 4.69) is 19.1 Å². The third-order valence-corrected chi connectivity index (χ3v) is 3.43. The van der Waals surface area contributed by atoms with Gasteiger partial charge in [0.25, 0.3) is 0 Å². The third-order valence-electron chi connectivity index (χ3n) is 3.43. The van der Waals surface area contributed by atoms with E-state index in [0.717, 1.165) is 17.2 Å². The number of rotatable bonds is 2. The molecule has 15 heavy (non-hydrogen) atoms. The summed E-state index contributed by atoms with van der Waals surface area (Å²) in [7, 11) is 0. The van der Waals surface area contributed by atoms with Crippen molar-refractivity contribution in [2.45, 2.75) is 32.6 Å². The van der Waals surface area contributed by atoms with Gasteiger partial charge in [0.1, 0.15) is 0 Å². The Morgan fingerprint density at radius 1 is 1.20 bits per heavy atom. The maximum Gasteiger partial charge on any atom is 0.0417 e. The van der Waals surface area contributed by atoms with Gasteiger partial charge in [-0.2, -0.15) is 0 Å². The van der Waals surface area contributed by atoms with Crippen LogP contribution in [0.25, 0.3) is 0 Å². The highest BCUT2D eigenvalue weighted by Gasteiger charge is 2.22. The molecule has 0 bridgehead atoms. The fourth-order valence-electron chi connectivity index (χ4n) is 2.55. The van der Waals surface area contributed by atoms with Crippen molar-refractivity contribution in [3.8, 4) is 0 Å². The monoisotopic (exact) mass is 201 g/mol. The summed E-state index contributed by atoms with van der Waals surface area (Å²) in [4.78, 5) is 0. The van der Waals surface area contributed by atoms with Gasteiger partial charge >= 0.3 is 0 Å². The molecule has 1 saturated carbocycles. The Balaban J connectivity index is 2.08. The molecule has 0 amide bonds. The minimum absolute atomic E-state index is 0.496. The predicted molar refractivity (Wildman–Crippen MR) is 64.4 cm³/mol. The molecule has 0 aliphatic heterocycles. The van der Waals surface area contributed by atoms with Gasteiger partial charge in [0.05, 0.1) is 0 Å². The van der Waals surface area contributed by atoms with Crippen LogP contribution < -0.4 is 0 Å². The largest absolute Gasteiger partial charge is 0.304 e. The fourth-order valence-corrected chi connectivity index (χ4v) is 2.55. The molecular formula is C14H19N. The first kappa shape index (κ1) is 10.4. The first-order valence-corrected chi connectivity index (χ1v) is 5.91. The minimum atomic E-state index is 0.496. The molecule has 1 fully saturated rings. The lowest BCUT2D eigenvalue weighted by Crippen LogP contribution is -2.21. The maximum absolute atomic E-state index is 8.21. The molecule has 1 heteroatoms. The molecule has 0 heterocycles. The van der Waals surface area contributed by atoms with Crippen LogP contribution in [0.2, 0.25) is 0 Å². The highest BCUT2D eigenvalue weighted by Crippen LogP contribution is 2.30.